The zero-order chi connectivity index (χ0) is 14.5. The van der Waals surface area contributed by atoms with Crippen LogP contribution in [0.25, 0.3) is 0 Å². The van der Waals surface area contributed by atoms with Crippen LogP contribution in [-0.4, -0.2) is 22.2 Å². The fourth-order valence-corrected chi connectivity index (χ4v) is 2.82. The number of hydrogen-bond donors (Lipinski definition) is 1. The van der Waals surface area contributed by atoms with Gasteiger partial charge in [0.2, 0.25) is 5.88 Å². The van der Waals surface area contributed by atoms with Crippen LogP contribution in [0, 0.1) is 5.92 Å². The van der Waals surface area contributed by atoms with Crippen molar-refractivity contribution in [2.75, 3.05) is 0 Å². The topological polar surface area (TPSA) is 59.4 Å². The number of rotatable bonds is 5. The van der Waals surface area contributed by atoms with Crippen molar-refractivity contribution >= 4 is 5.97 Å². The van der Waals surface area contributed by atoms with Gasteiger partial charge in [0.15, 0.2) is 0 Å². The van der Waals surface area contributed by atoms with Gasteiger partial charge in [0.1, 0.15) is 6.10 Å². The van der Waals surface area contributed by atoms with Crippen molar-refractivity contribution in [3.8, 4) is 5.88 Å². The smallest absolute Gasteiger partial charge is 0.335 e. The van der Waals surface area contributed by atoms with E-state index in [9.17, 15) is 4.79 Å². The average molecular weight is 277 g/mol. The number of aromatic carboxylic acids is 1. The Hall–Kier alpha value is -1.58. The molecule has 0 spiro atoms. The molecule has 1 aromatic rings. The lowest BCUT2D eigenvalue weighted by Crippen LogP contribution is -2.25. The predicted octanol–water partition coefficient (Wildman–Crippen LogP) is 3.69. The van der Waals surface area contributed by atoms with Gasteiger partial charge in [0.25, 0.3) is 0 Å². The predicted molar refractivity (Wildman–Crippen MR) is 77.2 cm³/mol. The van der Waals surface area contributed by atoms with E-state index in [-0.39, 0.29) is 11.7 Å². The molecule has 1 aliphatic rings. The van der Waals surface area contributed by atoms with Crippen LogP contribution < -0.4 is 4.74 Å². The number of carboxylic acids is 1. The minimum absolute atomic E-state index is 0.176. The molecule has 110 valence electrons. The van der Waals surface area contributed by atoms with Crippen LogP contribution in [0.2, 0.25) is 0 Å². The van der Waals surface area contributed by atoms with E-state index >= 15 is 0 Å². The summed E-state index contributed by atoms with van der Waals surface area (Å²) in [5.41, 5.74) is 1.03. The van der Waals surface area contributed by atoms with Crippen LogP contribution in [-0.2, 0) is 6.42 Å². The van der Waals surface area contributed by atoms with Crippen LogP contribution in [0.5, 0.6) is 5.88 Å². The van der Waals surface area contributed by atoms with E-state index in [1.807, 2.05) is 6.92 Å². The molecule has 0 amide bonds. The zero-order valence-electron chi connectivity index (χ0n) is 12.3. The number of nitrogens with zero attached hydrogens (tertiary/aromatic N) is 1. The number of aryl methyl sites for hydroxylation is 1. The van der Waals surface area contributed by atoms with E-state index in [1.165, 1.54) is 25.3 Å². The van der Waals surface area contributed by atoms with Crippen molar-refractivity contribution in [3.63, 3.8) is 0 Å². The Morgan fingerprint density at radius 2 is 2.20 bits per heavy atom. The SMILES string of the molecule is CCc1cc(C(=O)O)cc(OC2CCCC(CC)C2)n1. The van der Waals surface area contributed by atoms with Crippen LogP contribution >= 0.6 is 0 Å². The van der Waals surface area contributed by atoms with Crippen LogP contribution in [0.3, 0.4) is 0 Å². The van der Waals surface area contributed by atoms with Crippen LogP contribution in [0.1, 0.15) is 62.0 Å². The molecule has 1 aliphatic carbocycles. The van der Waals surface area contributed by atoms with Crippen molar-refractivity contribution < 1.29 is 14.6 Å². The van der Waals surface area contributed by atoms with E-state index in [2.05, 4.69) is 11.9 Å². The first-order chi connectivity index (χ1) is 9.62. The summed E-state index contributed by atoms with van der Waals surface area (Å²) >= 11 is 0. The molecule has 2 atom stereocenters. The Kier molecular flexibility index (Phi) is 4.99. The lowest BCUT2D eigenvalue weighted by molar-refractivity contribution is 0.0694. The van der Waals surface area contributed by atoms with E-state index in [0.717, 1.165) is 24.5 Å². The molecule has 0 aromatic carbocycles. The van der Waals surface area contributed by atoms with Gasteiger partial charge in [-0.2, -0.15) is 0 Å². The highest BCUT2D eigenvalue weighted by atomic mass is 16.5. The number of carbonyl (C=O) groups is 1. The summed E-state index contributed by atoms with van der Waals surface area (Å²) in [6.07, 6.45) is 6.62. The Balaban J connectivity index is 2.11. The minimum atomic E-state index is -0.929. The van der Waals surface area contributed by atoms with Gasteiger partial charge in [-0.25, -0.2) is 9.78 Å². The van der Waals surface area contributed by atoms with E-state index in [4.69, 9.17) is 9.84 Å². The molecular weight excluding hydrogens is 254 g/mol. The Morgan fingerprint density at radius 1 is 1.40 bits per heavy atom. The summed E-state index contributed by atoms with van der Waals surface area (Å²) < 4.78 is 5.95. The molecule has 0 bridgehead atoms. The lowest BCUT2D eigenvalue weighted by Gasteiger charge is -2.28. The molecule has 2 unspecified atom stereocenters. The molecule has 1 heterocycles. The molecule has 0 saturated heterocycles. The number of ether oxygens (including phenoxy) is 1. The average Bonchev–Trinajstić information content (AvgIpc) is 2.47. The summed E-state index contributed by atoms with van der Waals surface area (Å²) in [7, 11) is 0. The standard InChI is InChI=1S/C16H23NO3/c1-3-11-6-5-7-14(8-11)20-15-10-12(16(18)19)9-13(4-2)17-15/h9-11,14H,3-8H2,1-2H3,(H,18,19). The second-order valence-electron chi connectivity index (χ2n) is 5.52. The number of carboxylic acid groups (broad SMARTS) is 1. The summed E-state index contributed by atoms with van der Waals surface area (Å²) in [5.74, 6) is 0.257. The van der Waals surface area contributed by atoms with E-state index in [1.54, 1.807) is 6.07 Å². The quantitative estimate of drug-likeness (QED) is 0.891. The van der Waals surface area contributed by atoms with Crippen molar-refractivity contribution in [3.05, 3.63) is 23.4 Å². The molecule has 2 rings (SSSR count). The van der Waals surface area contributed by atoms with Gasteiger partial charge in [0, 0.05) is 11.8 Å². The first-order valence-electron chi connectivity index (χ1n) is 7.53. The van der Waals surface area contributed by atoms with Crippen molar-refractivity contribution in [2.24, 2.45) is 5.92 Å². The molecule has 1 N–H and O–H groups in total. The maximum atomic E-state index is 11.1. The molecule has 20 heavy (non-hydrogen) atoms. The highest BCUT2D eigenvalue weighted by molar-refractivity contribution is 5.88. The molecular formula is C16H23NO3. The Morgan fingerprint density at radius 3 is 2.85 bits per heavy atom. The highest BCUT2D eigenvalue weighted by Gasteiger charge is 2.23. The summed E-state index contributed by atoms with van der Waals surface area (Å²) in [5, 5.41) is 9.13. The Bertz CT molecular complexity index is 473. The third kappa shape index (κ3) is 3.71. The Labute approximate surface area is 120 Å². The third-order valence-corrected chi connectivity index (χ3v) is 4.06. The van der Waals surface area contributed by atoms with Crippen molar-refractivity contribution in [2.45, 2.75) is 58.5 Å². The van der Waals surface area contributed by atoms with Gasteiger partial charge in [-0.1, -0.05) is 26.7 Å². The summed E-state index contributed by atoms with van der Waals surface area (Å²) in [4.78, 5) is 15.5. The van der Waals surface area contributed by atoms with E-state index in [0.29, 0.717) is 12.3 Å². The highest BCUT2D eigenvalue weighted by Crippen LogP contribution is 2.29. The summed E-state index contributed by atoms with van der Waals surface area (Å²) in [6, 6.07) is 3.15. The van der Waals surface area contributed by atoms with Gasteiger partial charge < -0.3 is 9.84 Å². The number of pyridine rings is 1. The molecule has 4 heteroatoms. The fraction of sp³-hybridized carbons (Fsp3) is 0.625. The van der Waals surface area contributed by atoms with Crippen molar-refractivity contribution in [1.82, 2.24) is 4.98 Å². The first-order valence-corrected chi connectivity index (χ1v) is 7.53. The van der Waals surface area contributed by atoms with Crippen molar-refractivity contribution in [1.29, 1.82) is 0 Å². The van der Waals surface area contributed by atoms with Gasteiger partial charge in [-0.3, -0.25) is 0 Å². The maximum absolute atomic E-state index is 11.1. The van der Waals surface area contributed by atoms with Crippen LogP contribution in [0.4, 0.5) is 0 Å². The monoisotopic (exact) mass is 277 g/mol. The maximum Gasteiger partial charge on any atom is 0.335 e. The molecule has 1 fully saturated rings. The van der Waals surface area contributed by atoms with Crippen LogP contribution in [0.15, 0.2) is 12.1 Å². The lowest BCUT2D eigenvalue weighted by atomic mass is 9.85. The number of aromatic nitrogens is 1. The zero-order valence-corrected chi connectivity index (χ0v) is 12.3. The third-order valence-electron chi connectivity index (χ3n) is 4.06. The second-order valence-corrected chi connectivity index (χ2v) is 5.52. The minimum Gasteiger partial charge on any atom is -0.478 e. The molecule has 1 saturated carbocycles. The van der Waals surface area contributed by atoms with E-state index < -0.39 is 5.97 Å². The first kappa shape index (κ1) is 14.8. The normalized spacial score (nSPS) is 22.5. The van der Waals surface area contributed by atoms with Gasteiger partial charge >= 0.3 is 5.97 Å². The van der Waals surface area contributed by atoms with Gasteiger partial charge in [0.05, 0.1) is 5.56 Å². The molecule has 4 nitrogen and oxygen atoms in total. The number of hydrogen-bond acceptors (Lipinski definition) is 3. The largest absolute Gasteiger partial charge is 0.478 e. The molecule has 0 aliphatic heterocycles. The molecule has 0 radical (unpaired) electrons. The summed E-state index contributed by atoms with van der Waals surface area (Å²) in [6.45, 7) is 4.18. The second kappa shape index (κ2) is 6.73. The fourth-order valence-electron chi connectivity index (χ4n) is 2.82. The van der Waals surface area contributed by atoms with Gasteiger partial charge in [-0.05, 0) is 37.7 Å². The molecule has 1 aromatic heterocycles. The van der Waals surface area contributed by atoms with Gasteiger partial charge in [-0.15, -0.1) is 0 Å².